The van der Waals surface area contributed by atoms with Gasteiger partial charge in [-0.25, -0.2) is 13.6 Å². The highest BCUT2D eigenvalue weighted by Gasteiger charge is 2.40. The summed E-state index contributed by atoms with van der Waals surface area (Å²) in [5.41, 5.74) is 5.72. The average molecular weight is 420 g/mol. The fraction of sp³-hybridized carbons (Fsp3) is 0.450. The second kappa shape index (κ2) is 7.67. The third-order valence-electron chi connectivity index (χ3n) is 5.57. The van der Waals surface area contributed by atoms with Crippen molar-refractivity contribution in [2.24, 2.45) is 16.8 Å². The van der Waals surface area contributed by atoms with Gasteiger partial charge in [-0.3, -0.25) is 4.79 Å². The van der Waals surface area contributed by atoms with E-state index < -0.39 is 35.0 Å². The zero-order valence-corrected chi connectivity index (χ0v) is 16.3. The van der Waals surface area contributed by atoms with Crippen LogP contribution in [-0.2, 0) is 4.84 Å². The summed E-state index contributed by atoms with van der Waals surface area (Å²) in [6, 6.07) is 1.93. The monoisotopic (exact) mass is 420 g/mol. The number of aromatic nitrogens is 1. The first kappa shape index (κ1) is 20.3. The van der Waals surface area contributed by atoms with E-state index in [1.54, 1.807) is 11.8 Å². The van der Waals surface area contributed by atoms with Gasteiger partial charge in [-0.05, 0) is 19.1 Å². The highest BCUT2D eigenvalue weighted by atomic mass is 19.1. The van der Waals surface area contributed by atoms with Crippen molar-refractivity contribution in [1.82, 2.24) is 4.57 Å². The number of aromatic carboxylic acids is 1. The summed E-state index contributed by atoms with van der Waals surface area (Å²) in [5.74, 6) is -2.21. The molecule has 4 rings (SSSR count). The van der Waals surface area contributed by atoms with E-state index in [4.69, 9.17) is 10.6 Å². The normalized spacial score (nSPS) is 24.6. The van der Waals surface area contributed by atoms with Crippen LogP contribution < -0.4 is 16.1 Å². The summed E-state index contributed by atoms with van der Waals surface area (Å²) in [6.07, 6.45) is 0.228. The number of hydrogen-bond donors (Lipinski definition) is 2. The minimum atomic E-state index is -1.43. The molecule has 2 aromatic rings. The lowest BCUT2D eigenvalue weighted by Gasteiger charge is -2.20. The summed E-state index contributed by atoms with van der Waals surface area (Å²) >= 11 is 0. The van der Waals surface area contributed by atoms with Crippen LogP contribution >= 0.6 is 0 Å². The van der Waals surface area contributed by atoms with Gasteiger partial charge in [0.25, 0.3) is 0 Å². The Kier molecular flexibility index (Phi) is 5.19. The summed E-state index contributed by atoms with van der Waals surface area (Å²) in [4.78, 5) is 30.9. The largest absolute Gasteiger partial charge is 0.477 e. The Morgan fingerprint density at radius 3 is 2.77 bits per heavy atom. The Morgan fingerprint density at radius 2 is 2.17 bits per heavy atom. The first-order chi connectivity index (χ1) is 14.3. The van der Waals surface area contributed by atoms with Gasteiger partial charge in [0.1, 0.15) is 24.2 Å². The Balaban J connectivity index is 1.83. The van der Waals surface area contributed by atoms with Gasteiger partial charge in [-0.15, -0.1) is 0 Å². The molecular formula is C20H22F2N4O4. The minimum Gasteiger partial charge on any atom is -0.477 e. The average Bonchev–Trinajstić information content (AvgIpc) is 3.29. The lowest BCUT2D eigenvalue weighted by molar-refractivity contribution is 0.0694. The van der Waals surface area contributed by atoms with Crippen molar-refractivity contribution < 1.29 is 23.5 Å². The molecule has 0 amide bonds. The maximum absolute atomic E-state index is 15.0. The molecule has 0 radical (unpaired) electrons. The molecule has 3 atom stereocenters. The van der Waals surface area contributed by atoms with Gasteiger partial charge in [-0.2, -0.15) is 0 Å². The number of alkyl halides is 1. The van der Waals surface area contributed by atoms with Crippen molar-refractivity contribution in [2.45, 2.75) is 25.6 Å². The molecule has 1 aliphatic carbocycles. The molecule has 160 valence electrons. The fourth-order valence-corrected chi connectivity index (χ4v) is 3.87. The maximum atomic E-state index is 15.0. The number of oxime groups is 1. The Hall–Kier alpha value is -3.01. The number of nitrogens with zero attached hydrogens (tertiary/aromatic N) is 3. The predicted molar refractivity (Wildman–Crippen MR) is 107 cm³/mol. The van der Waals surface area contributed by atoms with E-state index in [1.165, 1.54) is 10.6 Å². The molecule has 1 aromatic heterocycles. The molecule has 1 aliphatic heterocycles. The van der Waals surface area contributed by atoms with Crippen LogP contribution in [0.1, 0.15) is 29.7 Å². The summed E-state index contributed by atoms with van der Waals surface area (Å²) in [7, 11) is 0. The number of halogens is 2. The number of anilines is 1. The van der Waals surface area contributed by atoms with Crippen LogP contribution in [0.15, 0.2) is 28.3 Å². The molecule has 1 saturated carbocycles. The lowest BCUT2D eigenvalue weighted by Crippen LogP contribution is -2.24. The highest BCUT2D eigenvalue weighted by Crippen LogP contribution is 2.41. The Labute approximate surface area is 170 Å². The van der Waals surface area contributed by atoms with Crippen LogP contribution in [0.2, 0.25) is 0 Å². The van der Waals surface area contributed by atoms with Crippen LogP contribution in [0, 0.1) is 11.7 Å². The van der Waals surface area contributed by atoms with Gasteiger partial charge in [0.2, 0.25) is 5.43 Å². The molecule has 2 aliphatic rings. The van der Waals surface area contributed by atoms with Gasteiger partial charge in [0, 0.05) is 37.0 Å². The van der Waals surface area contributed by atoms with Crippen LogP contribution in [0.3, 0.4) is 0 Å². The molecule has 0 spiro atoms. The van der Waals surface area contributed by atoms with Crippen molar-refractivity contribution in [2.75, 3.05) is 31.1 Å². The molecule has 3 N–H and O–H groups in total. The van der Waals surface area contributed by atoms with E-state index in [9.17, 15) is 19.1 Å². The number of hydrogen-bond acceptors (Lipinski definition) is 6. The van der Waals surface area contributed by atoms with Crippen molar-refractivity contribution in [3.63, 3.8) is 0 Å². The number of benzene rings is 1. The van der Waals surface area contributed by atoms with Crippen molar-refractivity contribution in [3.8, 4) is 0 Å². The summed E-state index contributed by atoms with van der Waals surface area (Å²) < 4.78 is 30.2. The predicted octanol–water partition coefficient (Wildman–Crippen LogP) is 1.91. The zero-order valence-electron chi connectivity index (χ0n) is 16.3. The molecule has 2 fully saturated rings. The second-order valence-corrected chi connectivity index (χ2v) is 7.54. The Bertz CT molecular complexity index is 1100. The number of rotatable bonds is 6. The Morgan fingerprint density at radius 1 is 1.43 bits per heavy atom. The second-order valence-electron chi connectivity index (χ2n) is 7.54. The number of fused-ring (bicyclic) bond motifs is 1. The molecule has 10 heteroatoms. The lowest BCUT2D eigenvalue weighted by atomic mass is 10.1. The minimum absolute atomic E-state index is 0.0898. The van der Waals surface area contributed by atoms with E-state index >= 15 is 4.39 Å². The quantitative estimate of drug-likeness (QED) is 0.691. The molecule has 30 heavy (non-hydrogen) atoms. The number of carboxylic acid groups (broad SMARTS) is 1. The van der Waals surface area contributed by atoms with E-state index in [2.05, 4.69) is 5.16 Å². The van der Waals surface area contributed by atoms with Gasteiger partial charge in [-0.1, -0.05) is 5.16 Å². The maximum Gasteiger partial charge on any atom is 0.341 e. The first-order valence-electron chi connectivity index (χ1n) is 9.75. The van der Waals surface area contributed by atoms with Crippen molar-refractivity contribution in [1.29, 1.82) is 0 Å². The number of carbonyl (C=O) groups is 1. The van der Waals surface area contributed by atoms with Crippen LogP contribution in [-0.4, -0.2) is 53.8 Å². The van der Waals surface area contributed by atoms with Gasteiger partial charge < -0.3 is 25.1 Å². The summed E-state index contributed by atoms with van der Waals surface area (Å²) in [6.45, 7) is 3.23. The third-order valence-corrected chi connectivity index (χ3v) is 5.57. The highest BCUT2D eigenvalue weighted by molar-refractivity contribution is 5.96. The van der Waals surface area contributed by atoms with Crippen molar-refractivity contribution >= 4 is 28.3 Å². The smallest absolute Gasteiger partial charge is 0.341 e. The number of nitrogens with two attached hydrogens (primary N) is 1. The standard InChI is InChI=1S/C20H22F2N4O4/c1-2-30-24-15-9-25(7-10(15)6-23)17-5-16-11(3-13(17)21)19(27)12(20(28)29)8-26(16)18-4-14(18)22/h3,5,8,10,14,18H,2,4,6-7,9,23H2,1H3,(H,28,29)/b24-15-/t10?,14-,18+/m0/s1. The molecule has 1 saturated heterocycles. The topological polar surface area (TPSA) is 110 Å². The molecule has 1 aromatic carbocycles. The SMILES string of the molecule is CCO/N=C1/CN(c2cc3c(cc2F)c(=O)c(C(=O)O)cn3[C@@H]2C[C@@H]2F)CC1CN. The molecule has 2 heterocycles. The van der Waals surface area contributed by atoms with Crippen molar-refractivity contribution in [3.05, 3.63) is 39.9 Å². The van der Waals surface area contributed by atoms with Gasteiger partial charge in [0.15, 0.2) is 0 Å². The molecule has 0 bridgehead atoms. The van der Waals surface area contributed by atoms with E-state index in [0.717, 1.165) is 12.3 Å². The summed E-state index contributed by atoms with van der Waals surface area (Å²) in [5, 5.41) is 13.3. The molecule has 1 unspecified atom stereocenters. The van der Waals surface area contributed by atoms with Crippen LogP contribution in [0.25, 0.3) is 10.9 Å². The number of pyridine rings is 1. The van der Waals surface area contributed by atoms with E-state index in [0.29, 0.717) is 37.5 Å². The fourth-order valence-electron chi connectivity index (χ4n) is 3.87. The first-order valence-corrected chi connectivity index (χ1v) is 9.75. The zero-order chi connectivity index (χ0) is 21.6. The number of carboxylic acids is 1. The molecular weight excluding hydrogens is 398 g/mol. The van der Waals surface area contributed by atoms with Crippen LogP contribution in [0.5, 0.6) is 0 Å². The van der Waals surface area contributed by atoms with E-state index in [-0.39, 0.29) is 23.4 Å². The van der Waals surface area contributed by atoms with Crippen LogP contribution in [0.4, 0.5) is 14.5 Å². The van der Waals surface area contributed by atoms with Gasteiger partial charge in [0.05, 0.1) is 29.5 Å². The molecule has 8 nitrogen and oxygen atoms in total. The third kappa shape index (κ3) is 3.41. The van der Waals surface area contributed by atoms with E-state index in [1.807, 2.05) is 0 Å². The van der Waals surface area contributed by atoms with Gasteiger partial charge >= 0.3 is 5.97 Å².